The Bertz CT molecular complexity index is 1150. The van der Waals surface area contributed by atoms with Crippen molar-refractivity contribution in [2.45, 2.75) is 12.8 Å². The zero-order valence-electron chi connectivity index (χ0n) is 17.5. The normalized spacial score (nSPS) is 13.5. The number of carbonyl (C=O) groups is 1. The quantitative estimate of drug-likeness (QED) is 0.339. The lowest BCUT2D eigenvalue weighted by atomic mass is 10.1. The monoisotopic (exact) mass is 434 g/mol. The first-order valence-corrected chi connectivity index (χ1v) is 10.2. The lowest BCUT2D eigenvalue weighted by Gasteiger charge is -2.17. The third-order valence-corrected chi connectivity index (χ3v) is 5.24. The van der Waals surface area contributed by atoms with Crippen LogP contribution in [0.25, 0.3) is 11.3 Å². The van der Waals surface area contributed by atoms with Crippen molar-refractivity contribution in [2.75, 3.05) is 25.1 Å². The predicted molar refractivity (Wildman–Crippen MR) is 120 cm³/mol. The first kappa shape index (κ1) is 21.1. The highest BCUT2D eigenvalue weighted by molar-refractivity contribution is 5.95. The van der Waals surface area contributed by atoms with Crippen molar-refractivity contribution in [2.24, 2.45) is 5.10 Å². The van der Waals surface area contributed by atoms with E-state index in [1.165, 1.54) is 44.4 Å². The summed E-state index contributed by atoms with van der Waals surface area (Å²) < 4.78 is 11.0. The second kappa shape index (κ2) is 9.34. The van der Waals surface area contributed by atoms with Gasteiger partial charge in [-0.15, -0.1) is 0 Å². The van der Waals surface area contributed by atoms with Gasteiger partial charge in [0.1, 0.15) is 17.3 Å². The Morgan fingerprint density at radius 2 is 1.91 bits per heavy atom. The van der Waals surface area contributed by atoms with E-state index in [1.54, 1.807) is 24.3 Å². The predicted octanol–water partition coefficient (Wildman–Crippen LogP) is 4.23. The van der Waals surface area contributed by atoms with Crippen molar-refractivity contribution in [3.63, 3.8) is 0 Å². The molecule has 1 aliphatic rings. The molecule has 1 fully saturated rings. The van der Waals surface area contributed by atoms with Crippen LogP contribution < -0.4 is 15.1 Å². The Balaban J connectivity index is 1.41. The standard InChI is InChI=1S/C23H22N4O5/c1-31-21-10-8-18(27(29)30)14-20(21)22-11-9-19(32-22)15-24-25-23(28)16-4-6-17(7-5-16)26-12-2-3-13-26/h4-11,14-15H,2-3,12-13H2,1H3,(H,25,28)/b24-15-. The minimum absolute atomic E-state index is 0.0737. The van der Waals surface area contributed by atoms with Crippen molar-refractivity contribution in [1.82, 2.24) is 5.43 Å². The number of benzene rings is 2. The summed E-state index contributed by atoms with van der Waals surface area (Å²) in [4.78, 5) is 25.2. The van der Waals surface area contributed by atoms with Crippen LogP contribution in [0.1, 0.15) is 29.0 Å². The summed E-state index contributed by atoms with van der Waals surface area (Å²) >= 11 is 0. The molecule has 0 saturated carbocycles. The van der Waals surface area contributed by atoms with Crippen LogP contribution in [0, 0.1) is 10.1 Å². The van der Waals surface area contributed by atoms with Crippen LogP contribution in [0.4, 0.5) is 11.4 Å². The highest BCUT2D eigenvalue weighted by Gasteiger charge is 2.16. The molecule has 0 spiro atoms. The molecule has 4 rings (SSSR count). The fourth-order valence-corrected chi connectivity index (χ4v) is 3.59. The minimum atomic E-state index is -0.485. The first-order chi connectivity index (χ1) is 15.5. The number of rotatable bonds is 7. The smallest absolute Gasteiger partial charge is 0.271 e. The topological polar surface area (TPSA) is 110 Å². The summed E-state index contributed by atoms with van der Waals surface area (Å²) in [5, 5.41) is 15.0. The van der Waals surface area contributed by atoms with Gasteiger partial charge in [-0.1, -0.05) is 0 Å². The van der Waals surface area contributed by atoms with Gasteiger partial charge < -0.3 is 14.1 Å². The number of anilines is 1. The van der Waals surface area contributed by atoms with Crippen molar-refractivity contribution in [1.29, 1.82) is 0 Å². The molecule has 0 atom stereocenters. The highest BCUT2D eigenvalue weighted by atomic mass is 16.6. The van der Waals surface area contributed by atoms with Gasteiger partial charge in [0.05, 0.1) is 23.8 Å². The number of hydrogen-bond acceptors (Lipinski definition) is 7. The van der Waals surface area contributed by atoms with Crippen molar-refractivity contribution in [3.05, 3.63) is 76.0 Å². The van der Waals surface area contributed by atoms with Gasteiger partial charge in [-0.05, 0) is 55.3 Å². The molecular weight excluding hydrogens is 412 g/mol. The summed E-state index contributed by atoms with van der Waals surface area (Å²) in [5.74, 6) is 0.870. The molecule has 1 aromatic heterocycles. The molecule has 1 N–H and O–H groups in total. The van der Waals surface area contributed by atoms with E-state index in [0.717, 1.165) is 18.8 Å². The number of hydrazone groups is 1. The third kappa shape index (κ3) is 4.61. The van der Waals surface area contributed by atoms with Gasteiger partial charge in [0.25, 0.3) is 11.6 Å². The van der Waals surface area contributed by atoms with Crippen molar-refractivity contribution in [3.8, 4) is 17.1 Å². The molecule has 164 valence electrons. The third-order valence-electron chi connectivity index (χ3n) is 5.24. The second-order valence-electron chi connectivity index (χ2n) is 7.28. The second-order valence-corrected chi connectivity index (χ2v) is 7.28. The fraction of sp³-hybridized carbons (Fsp3) is 0.217. The summed E-state index contributed by atoms with van der Waals surface area (Å²) in [6.45, 7) is 2.09. The van der Waals surface area contributed by atoms with Crippen LogP contribution in [-0.2, 0) is 0 Å². The van der Waals surface area contributed by atoms with Crippen LogP contribution >= 0.6 is 0 Å². The molecule has 0 bridgehead atoms. The summed E-state index contributed by atoms with van der Waals surface area (Å²) in [5.41, 5.74) is 4.47. The van der Waals surface area contributed by atoms with Gasteiger partial charge in [-0.3, -0.25) is 14.9 Å². The Hall–Kier alpha value is -4.14. The molecule has 3 aromatic rings. The van der Waals surface area contributed by atoms with Gasteiger partial charge in [-0.2, -0.15) is 5.10 Å². The molecule has 2 aromatic carbocycles. The number of carbonyl (C=O) groups excluding carboxylic acids is 1. The molecule has 0 aliphatic carbocycles. The van der Waals surface area contributed by atoms with Crippen LogP contribution in [0.2, 0.25) is 0 Å². The Kier molecular flexibility index (Phi) is 6.16. The molecule has 2 heterocycles. The first-order valence-electron chi connectivity index (χ1n) is 10.2. The van der Waals surface area contributed by atoms with E-state index in [4.69, 9.17) is 9.15 Å². The number of methoxy groups -OCH3 is 1. The number of nitrogens with one attached hydrogen (secondary N) is 1. The summed E-state index contributed by atoms with van der Waals surface area (Å²) in [6, 6.07) is 15.0. The van der Waals surface area contributed by atoms with E-state index in [-0.39, 0.29) is 11.6 Å². The minimum Gasteiger partial charge on any atom is -0.496 e. The summed E-state index contributed by atoms with van der Waals surface area (Å²) in [6.07, 6.45) is 3.75. The molecule has 0 unspecified atom stereocenters. The average molecular weight is 434 g/mol. The molecular formula is C23H22N4O5. The van der Waals surface area contributed by atoms with E-state index in [2.05, 4.69) is 15.4 Å². The molecule has 32 heavy (non-hydrogen) atoms. The lowest BCUT2D eigenvalue weighted by molar-refractivity contribution is -0.384. The fourth-order valence-electron chi connectivity index (χ4n) is 3.59. The van der Waals surface area contributed by atoms with E-state index < -0.39 is 4.92 Å². The van der Waals surface area contributed by atoms with Crippen molar-refractivity contribution < 1.29 is 18.9 Å². The van der Waals surface area contributed by atoms with Gasteiger partial charge >= 0.3 is 0 Å². The van der Waals surface area contributed by atoms with E-state index in [0.29, 0.717) is 28.4 Å². The number of nitro groups is 1. The Morgan fingerprint density at radius 1 is 1.16 bits per heavy atom. The molecule has 1 amide bonds. The van der Waals surface area contributed by atoms with Crippen molar-refractivity contribution >= 4 is 23.5 Å². The molecule has 9 heteroatoms. The van der Waals surface area contributed by atoms with Crippen LogP contribution in [0.15, 0.2) is 64.1 Å². The van der Waals surface area contributed by atoms with Crippen LogP contribution in [-0.4, -0.2) is 37.2 Å². The van der Waals surface area contributed by atoms with E-state index >= 15 is 0 Å². The van der Waals surface area contributed by atoms with Gasteiger partial charge in [0.15, 0.2) is 0 Å². The molecule has 0 radical (unpaired) electrons. The zero-order chi connectivity index (χ0) is 22.5. The largest absolute Gasteiger partial charge is 0.496 e. The number of non-ortho nitro benzene ring substituents is 1. The number of amides is 1. The summed E-state index contributed by atoms with van der Waals surface area (Å²) in [7, 11) is 1.48. The number of furan rings is 1. The maximum Gasteiger partial charge on any atom is 0.271 e. The molecule has 1 saturated heterocycles. The zero-order valence-corrected chi connectivity index (χ0v) is 17.5. The number of hydrogen-bond donors (Lipinski definition) is 1. The number of ether oxygens (including phenoxy) is 1. The molecule has 1 aliphatic heterocycles. The van der Waals surface area contributed by atoms with Gasteiger partial charge in [0, 0.05) is 36.5 Å². The van der Waals surface area contributed by atoms with Crippen LogP contribution in [0.3, 0.4) is 0 Å². The Labute approximate surface area is 184 Å². The highest BCUT2D eigenvalue weighted by Crippen LogP contribution is 2.34. The Morgan fingerprint density at radius 3 is 2.59 bits per heavy atom. The number of nitrogens with zero attached hydrogens (tertiary/aromatic N) is 3. The SMILES string of the molecule is COc1ccc([N+](=O)[O-])cc1-c1ccc(/C=N\NC(=O)c2ccc(N3CCCC3)cc2)o1. The van der Waals surface area contributed by atoms with Crippen LogP contribution in [0.5, 0.6) is 5.75 Å². The van der Waals surface area contributed by atoms with E-state index in [9.17, 15) is 14.9 Å². The maximum absolute atomic E-state index is 12.3. The maximum atomic E-state index is 12.3. The molecule has 9 nitrogen and oxygen atoms in total. The van der Waals surface area contributed by atoms with Gasteiger partial charge in [-0.25, -0.2) is 5.43 Å². The lowest BCUT2D eigenvalue weighted by Crippen LogP contribution is -2.19. The van der Waals surface area contributed by atoms with E-state index in [1.807, 2.05) is 12.1 Å². The van der Waals surface area contributed by atoms with Gasteiger partial charge in [0.2, 0.25) is 0 Å². The average Bonchev–Trinajstić information content (AvgIpc) is 3.51. The number of nitro benzene ring substituents is 1.